The molecule has 8 heteroatoms. The first-order valence-corrected chi connectivity index (χ1v) is 12.5. The molecule has 1 saturated carbocycles. The third kappa shape index (κ3) is 4.29. The van der Waals surface area contributed by atoms with Gasteiger partial charge in [-0.1, -0.05) is 36.6 Å². The van der Waals surface area contributed by atoms with Gasteiger partial charge in [-0.15, -0.1) is 11.3 Å². The highest BCUT2D eigenvalue weighted by atomic mass is 35.5. The van der Waals surface area contributed by atoms with Crippen LogP contribution in [0.2, 0.25) is 5.02 Å². The summed E-state index contributed by atoms with van der Waals surface area (Å²) in [6.45, 7) is 1.79. The van der Waals surface area contributed by atoms with E-state index in [2.05, 4.69) is 10.3 Å². The Morgan fingerprint density at radius 2 is 1.83 bits per heavy atom. The number of benzene rings is 2. The maximum absolute atomic E-state index is 12.8. The van der Waals surface area contributed by atoms with Gasteiger partial charge in [0, 0.05) is 16.3 Å². The number of nitrogens with one attached hydrogen (secondary N) is 1. The minimum absolute atomic E-state index is 0.273. The van der Waals surface area contributed by atoms with Crippen molar-refractivity contribution in [3.63, 3.8) is 0 Å². The number of anilines is 1. The Labute approximate surface area is 185 Å². The summed E-state index contributed by atoms with van der Waals surface area (Å²) in [5.74, 6) is -0.273. The van der Waals surface area contributed by atoms with Gasteiger partial charge < -0.3 is 5.32 Å². The SMILES string of the molecule is Cc1nc(-c2cccc(Cl)c2)sc1C(=O)Nc1ccc(S(=O)(=O)C2CCCC2)cc1. The zero-order chi connectivity index (χ0) is 21.3. The van der Waals surface area contributed by atoms with Gasteiger partial charge in [-0.2, -0.15) is 0 Å². The largest absolute Gasteiger partial charge is 0.321 e. The standard InChI is InChI=1S/C22H21ClN2O3S2/c1-14-20(29-22(24-14)15-5-4-6-16(23)13-15)21(26)25-17-9-11-19(12-10-17)30(27,28)18-7-2-3-8-18/h4-6,9-13,18H,2-3,7-8H2,1H3,(H,25,26). The van der Waals surface area contributed by atoms with E-state index >= 15 is 0 Å². The lowest BCUT2D eigenvalue weighted by molar-refractivity contribution is 0.103. The maximum Gasteiger partial charge on any atom is 0.267 e. The summed E-state index contributed by atoms with van der Waals surface area (Å²) < 4.78 is 25.4. The number of amides is 1. The molecule has 1 amide bonds. The second-order valence-electron chi connectivity index (χ2n) is 7.37. The van der Waals surface area contributed by atoms with Gasteiger partial charge in [-0.05, 0) is 56.2 Å². The number of aryl methyl sites for hydroxylation is 1. The fraction of sp³-hybridized carbons (Fsp3) is 0.273. The second kappa shape index (κ2) is 8.49. The van der Waals surface area contributed by atoms with E-state index in [4.69, 9.17) is 11.6 Å². The first kappa shape index (κ1) is 21.0. The van der Waals surface area contributed by atoms with Crippen LogP contribution in [-0.2, 0) is 9.84 Å². The Morgan fingerprint density at radius 1 is 1.13 bits per heavy atom. The lowest BCUT2D eigenvalue weighted by Crippen LogP contribution is -2.18. The molecule has 3 aromatic rings. The van der Waals surface area contributed by atoms with E-state index in [0.29, 0.717) is 26.2 Å². The highest BCUT2D eigenvalue weighted by Gasteiger charge is 2.30. The average Bonchev–Trinajstić information content (AvgIpc) is 3.39. The molecule has 0 radical (unpaired) electrons. The van der Waals surface area contributed by atoms with Crippen LogP contribution in [0.15, 0.2) is 53.4 Å². The predicted octanol–water partition coefficient (Wildman–Crippen LogP) is 5.74. The number of rotatable bonds is 5. The molecule has 0 saturated heterocycles. The molecular formula is C22H21ClN2O3S2. The number of thiazole rings is 1. The van der Waals surface area contributed by atoms with Gasteiger partial charge in [-0.3, -0.25) is 4.79 Å². The van der Waals surface area contributed by atoms with Crippen LogP contribution in [0.1, 0.15) is 41.0 Å². The number of halogens is 1. The van der Waals surface area contributed by atoms with Crippen molar-refractivity contribution in [2.45, 2.75) is 42.8 Å². The maximum atomic E-state index is 12.8. The lowest BCUT2D eigenvalue weighted by Gasteiger charge is -2.12. The summed E-state index contributed by atoms with van der Waals surface area (Å²) in [6, 6.07) is 13.7. The smallest absolute Gasteiger partial charge is 0.267 e. The van der Waals surface area contributed by atoms with Crippen molar-refractivity contribution >= 4 is 44.4 Å². The van der Waals surface area contributed by atoms with Crippen LogP contribution in [0, 0.1) is 6.92 Å². The van der Waals surface area contributed by atoms with Crippen LogP contribution in [0.3, 0.4) is 0 Å². The van der Waals surface area contributed by atoms with Gasteiger partial charge >= 0.3 is 0 Å². The van der Waals surface area contributed by atoms with Gasteiger partial charge in [0.1, 0.15) is 9.88 Å². The lowest BCUT2D eigenvalue weighted by atomic mass is 10.2. The molecule has 1 aliphatic carbocycles. The third-order valence-corrected chi connectivity index (χ3v) is 8.97. The van der Waals surface area contributed by atoms with Gasteiger partial charge in [-0.25, -0.2) is 13.4 Å². The molecule has 1 heterocycles. The Bertz CT molecular complexity index is 1180. The number of carbonyl (C=O) groups is 1. The van der Waals surface area contributed by atoms with Crippen molar-refractivity contribution in [2.24, 2.45) is 0 Å². The Balaban J connectivity index is 1.50. The summed E-state index contributed by atoms with van der Waals surface area (Å²) >= 11 is 7.35. The molecule has 0 spiro atoms. The monoisotopic (exact) mass is 460 g/mol. The van der Waals surface area contributed by atoms with E-state index in [0.717, 1.165) is 36.3 Å². The van der Waals surface area contributed by atoms with Crippen LogP contribution in [0.4, 0.5) is 5.69 Å². The van der Waals surface area contributed by atoms with Gasteiger partial charge in [0.2, 0.25) is 0 Å². The van der Waals surface area contributed by atoms with Crippen molar-refractivity contribution in [2.75, 3.05) is 5.32 Å². The van der Waals surface area contributed by atoms with Crippen molar-refractivity contribution in [1.82, 2.24) is 4.98 Å². The highest BCUT2D eigenvalue weighted by molar-refractivity contribution is 7.92. The van der Waals surface area contributed by atoms with Gasteiger partial charge in [0.15, 0.2) is 9.84 Å². The summed E-state index contributed by atoms with van der Waals surface area (Å²) in [7, 11) is -3.31. The number of sulfone groups is 1. The molecule has 5 nitrogen and oxygen atoms in total. The topological polar surface area (TPSA) is 76.1 Å². The Morgan fingerprint density at radius 3 is 2.50 bits per heavy atom. The summed E-state index contributed by atoms with van der Waals surface area (Å²) in [5, 5.41) is 3.88. The van der Waals surface area contributed by atoms with E-state index in [1.165, 1.54) is 11.3 Å². The summed E-state index contributed by atoms with van der Waals surface area (Å²) in [4.78, 5) is 18.1. The predicted molar refractivity (Wildman–Crippen MR) is 121 cm³/mol. The normalized spacial score (nSPS) is 14.7. The van der Waals surface area contributed by atoms with Gasteiger partial charge in [0.05, 0.1) is 15.8 Å². The number of aromatic nitrogens is 1. The summed E-state index contributed by atoms with van der Waals surface area (Å²) in [5.41, 5.74) is 2.03. The summed E-state index contributed by atoms with van der Waals surface area (Å²) in [6.07, 6.45) is 3.37. The molecular weight excluding hydrogens is 440 g/mol. The molecule has 1 fully saturated rings. The Kier molecular flexibility index (Phi) is 5.95. The van der Waals surface area contributed by atoms with Gasteiger partial charge in [0.25, 0.3) is 5.91 Å². The number of nitrogens with zero attached hydrogens (tertiary/aromatic N) is 1. The molecule has 0 unspecified atom stereocenters. The third-order valence-electron chi connectivity index (χ3n) is 5.26. The van der Waals surface area contributed by atoms with Crippen molar-refractivity contribution in [3.05, 3.63) is 64.1 Å². The zero-order valence-corrected chi connectivity index (χ0v) is 18.8. The first-order chi connectivity index (χ1) is 14.3. The van der Waals surface area contributed by atoms with E-state index in [1.54, 1.807) is 37.3 Å². The molecule has 2 aromatic carbocycles. The van der Waals surface area contributed by atoms with Crippen LogP contribution in [-0.4, -0.2) is 24.6 Å². The quantitative estimate of drug-likeness (QED) is 0.526. The van der Waals surface area contributed by atoms with E-state index in [1.807, 2.05) is 18.2 Å². The number of hydrogen-bond donors (Lipinski definition) is 1. The molecule has 30 heavy (non-hydrogen) atoms. The van der Waals surface area contributed by atoms with Crippen LogP contribution in [0.5, 0.6) is 0 Å². The number of carbonyl (C=O) groups excluding carboxylic acids is 1. The fourth-order valence-corrected chi connectivity index (χ4v) is 6.66. The molecule has 0 aliphatic heterocycles. The average molecular weight is 461 g/mol. The zero-order valence-electron chi connectivity index (χ0n) is 16.4. The van der Waals surface area contributed by atoms with Crippen molar-refractivity contribution in [3.8, 4) is 10.6 Å². The first-order valence-electron chi connectivity index (χ1n) is 9.73. The van der Waals surface area contributed by atoms with E-state index in [9.17, 15) is 13.2 Å². The Hall–Kier alpha value is -2.22. The van der Waals surface area contributed by atoms with Crippen LogP contribution >= 0.6 is 22.9 Å². The molecule has 1 aliphatic rings. The van der Waals surface area contributed by atoms with Crippen LogP contribution in [0.25, 0.3) is 10.6 Å². The van der Waals surface area contributed by atoms with Crippen LogP contribution < -0.4 is 5.32 Å². The van der Waals surface area contributed by atoms with E-state index in [-0.39, 0.29) is 11.2 Å². The van der Waals surface area contributed by atoms with E-state index < -0.39 is 9.84 Å². The molecule has 1 N–H and O–H groups in total. The van der Waals surface area contributed by atoms with Crippen molar-refractivity contribution in [1.29, 1.82) is 0 Å². The van der Waals surface area contributed by atoms with Crippen molar-refractivity contribution < 1.29 is 13.2 Å². The molecule has 4 rings (SSSR count). The fourth-order valence-electron chi connectivity index (χ4n) is 3.66. The molecule has 1 aromatic heterocycles. The molecule has 0 atom stereocenters. The number of hydrogen-bond acceptors (Lipinski definition) is 5. The molecule has 156 valence electrons. The highest BCUT2D eigenvalue weighted by Crippen LogP contribution is 2.31. The second-order valence-corrected chi connectivity index (χ2v) is 11.0. The minimum atomic E-state index is -3.31. The minimum Gasteiger partial charge on any atom is -0.321 e. The molecule has 0 bridgehead atoms.